The molecule has 256 valence electrons. The zero-order valence-corrected chi connectivity index (χ0v) is 26.9. The van der Waals surface area contributed by atoms with Gasteiger partial charge >= 0.3 is 6.18 Å². The number of methoxy groups -OCH3 is 2. The number of anilines is 2. The summed E-state index contributed by atoms with van der Waals surface area (Å²) in [7, 11) is 2.94. The second-order valence-electron chi connectivity index (χ2n) is 12.1. The summed E-state index contributed by atoms with van der Waals surface area (Å²) in [5.41, 5.74) is -0.619. The first-order chi connectivity index (χ1) is 22.9. The number of hydrogen-bond donors (Lipinski definition) is 1. The Morgan fingerprint density at radius 1 is 0.958 bits per heavy atom. The van der Waals surface area contributed by atoms with Gasteiger partial charge in [0.25, 0.3) is 5.56 Å². The molecule has 1 aromatic heterocycles. The number of amides is 2. The molecule has 4 heterocycles. The maximum absolute atomic E-state index is 14.5. The predicted molar refractivity (Wildman–Crippen MR) is 171 cm³/mol. The summed E-state index contributed by atoms with van der Waals surface area (Å²) in [6.07, 6.45) is -4.67. The molecule has 0 unspecified atom stereocenters. The monoisotopic (exact) mass is 670 g/mol. The molecule has 2 amide bonds. The summed E-state index contributed by atoms with van der Waals surface area (Å²) in [5.74, 6) is 0.494. The fraction of sp³-hybridized carbons (Fsp3) is 0.455. The van der Waals surface area contributed by atoms with Crippen LogP contribution >= 0.6 is 0 Å². The van der Waals surface area contributed by atoms with Gasteiger partial charge in [0.15, 0.2) is 0 Å². The Kier molecular flexibility index (Phi) is 8.98. The third kappa shape index (κ3) is 6.38. The molecule has 2 fully saturated rings. The molecule has 15 heteroatoms. The van der Waals surface area contributed by atoms with E-state index in [1.165, 1.54) is 33.3 Å². The zero-order valence-electron chi connectivity index (χ0n) is 26.9. The number of aliphatic hydroxyl groups is 1. The van der Waals surface area contributed by atoms with Crippen molar-refractivity contribution in [3.8, 4) is 28.4 Å². The average Bonchev–Trinajstić information content (AvgIpc) is 3.70. The van der Waals surface area contributed by atoms with Crippen molar-refractivity contribution in [2.45, 2.75) is 32.0 Å². The summed E-state index contributed by atoms with van der Waals surface area (Å²) in [6, 6.07) is 8.49. The number of fused-ring (bicyclic) bond motifs is 1. The Morgan fingerprint density at radius 3 is 2.21 bits per heavy atom. The van der Waals surface area contributed by atoms with Crippen molar-refractivity contribution in [3.05, 3.63) is 57.9 Å². The van der Waals surface area contributed by atoms with Gasteiger partial charge in [-0.25, -0.2) is 0 Å². The molecule has 1 N–H and O–H groups in total. The largest absolute Gasteiger partial charge is 0.497 e. The van der Waals surface area contributed by atoms with Crippen molar-refractivity contribution in [2.24, 2.45) is 0 Å². The van der Waals surface area contributed by atoms with Gasteiger partial charge in [-0.3, -0.25) is 14.4 Å². The summed E-state index contributed by atoms with van der Waals surface area (Å²) in [6.45, 7) is 3.69. The maximum atomic E-state index is 14.5. The average molecular weight is 671 g/mol. The van der Waals surface area contributed by atoms with Gasteiger partial charge in [-0.15, -0.1) is 0 Å². The van der Waals surface area contributed by atoms with Crippen LogP contribution in [0.1, 0.15) is 24.5 Å². The molecule has 2 saturated heterocycles. The van der Waals surface area contributed by atoms with E-state index in [4.69, 9.17) is 9.47 Å². The lowest BCUT2D eigenvalue weighted by atomic mass is 10.0. The van der Waals surface area contributed by atoms with E-state index < -0.39 is 29.1 Å². The number of benzene rings is 2. The normalized spacial score (nSPS) is 17.9. The first-order valence-corrected chi connectivity index (χ1v) is 15.7. The smallest absolute Gasteiger partial charge is 0.418 e. The molecule has 0 spiro atoms. The van der Waals surface area contributed by atoms with Crippen molar-refractivity contribution >= 4 is 23.2 Å². The molecule has 1 atom stereocenters. The Bertz CT molecular complexity index is 1770. The molecule has 3 aliphatic heterocycles. The Morgan fingerprint density at radius 2 is 1.62 bits per heavy atom. The van der Waals surface area contributed by atoms with E-state index in [9.17, 15) is 32.7 Å². The van der Waals surface area contributed by atoms with Gasteiger partial charge in [0, 0.05) is 75.6 Å². The van der Waals surface area contributed by atoms with E-state index in [0.717, 1.165) is 10.7 Å². The number of β-amino-alcohol motifs (C(OH)–C–C–N with tert-alkyl or cyclic N) is 1. The molecule has 0 saturated carbocycles. The summed E-state index contributed by atoms with van der Waals surface area (Å²) in [4.78, 5) is 46.3. The molecule has 0 aliphatic carbocycles. The van der Waals surface area contributed by atoms with Crippen molar-refractivity contribution in [1.29, 1.82) is 0 Å². The number of nitrogens with zero attached hydrogens (tertiary/aromatic N) is 6. The minimum absolute atomic E-state index is 0.0754. The topological polar surface area (TPSA) is 121 Å². The third-order valence-electron chi connectivity index (χ3n) is 9.19. The fourth-order valence-electron chi connectivity index (χ4n) is 6.61. The quantitative estimate of drug-likeness (QED) is 0.405. The number of carbonyl (C=O) groups is 2. The number of aromatic nitrogens is 2. The molecule has 0 radical (unpaired) electrons. The van der Waals surface area contributed by atoms with Gasteiger partial charge < -0.3 is 34.2 Å². The zero-order chi connectivity index (χ0) is 34.3. The maximum Gasteiger partial charge on any atom is 0.418 e. The van der Waals surface area contributed by atoms with Crippen molar-refractivity contribution in [3.63, 3.8) is 0 Å². The van der Waals surface area contributed by atoms with Crippen molar-refractivity contribution in [2.75, 3.05) is 76.4 Å². The van der Waals surface area contributed by atoms with Crippen LogP contribution in [0.4, 0.5) is 24.5 Å². The number of carbonyl (C=O) groups excluding carboxylic acids is 2. The standard InChI is InChI=1S/C33H37F3N6O6/c1-20(43)38-10-12-39(13-11-38)29(45)19-41-9-7-26-30(21-14-24(47-2)17-25(15-21)48-3)37-42(32(46)31(26)41)28-16-22(40-8-6-23(44)18-40)4-5-27(28)33(34,35)36/h4-5,14-17,23,44H,6-13,18-19H2,1-3H3/t23-/m0/s1. The highest BCUT2D eigenvalue weighted by Crippen LogP contribution is 2.39. The van der Waals surface area contributed by atoms with E-state index in [2.05, 4.69) is 5.10 Å². The highest BCUT2D eigenvalue weighted by atomic mass is 19.4. The highest BCUT2D eigenvalue weighted by Gasteiger charge is 2.38. The minimum atomic E-state index is -4.82. The second kappa shape index (κ2) is 13.0. The van der Waals surface area contributed by atoms with E-state index in [1.807, 2.05) is 0 Å². The van der Waals surface area contributed by atoms with E-state index in [1.54, 1.807) is 37.8 Å². The minimum Gasteiger partial charge on any atom is -0.497 e. The van der Waals surface area contributed by atoms with Crippen LogP contribution < -0.4 is 24.8 Å². The van der Waals surface area contributed by atoms with Crippen LogP contribution in [0.5, 0.6) is 11.5 Å². The Balaban J connectivity index is 1.49. The number of halogens is 3. The van der Waals surface area contributed by atoms with Crippen LogP contribution in [0.3, 0.4) is 0 Å². The van der Waals surface area contributed by atoms with Gasteiger partial charge in [-0.05, 0) is 43.2 Å². The first-order valence-electron chi connectivity index (χ1n) is 15.7. The number of hydrogen-bond acceptors (Lipinski definition) is 9. The van der Waals surface area contributed by atoms with Crippen LogP contribution in [-0.2, 0) is 22.2 Å². The molecule has 2 aromatic carbocycles. The molecular weight excluding hydrogens is 633 g/mol. The van der Waals surface area contributed by atoms with E-state index >= 15 is 0 Å². The number of aliphatic hydroxyl groups excluding tert-OH is 1. The summed E-state index contributed by atoms with van der Waals surface area (Å²) in [5, 5.41) is 14.7. The first kappa shape index (κ1) is 33.1. The van der Waals surface area contributed by atoms with Crippen LogP contribution in [0.2, 0.25) is 0 Å². The van der Waals surface area contributed by atoms with Crippen molar-refractivity contribution < 1.29 is 37.3 Å². The second-order valence-corrected chi connectivity index (χ2v) is 12.1. The summed E-state index contributed by atoms with van der Waals surface area (Å²) >= 11 is 0. The summed E-state index contributed by atoms with van der Waals surface area (Å²) < 4.78 is 55.3. The highest BCUT2D eigenvalue weighted by molar-refractivity contribution is 5.84. The van der Waals surface area contributed by atoms with Gasteiger partial charge in [0.05, 0.1) is 43.8 Å². The molecule has 0 bridgehead atoms. The molecular formula is C33H37F3N6O6. The molecule has 48 heavy (non-hydrogen) atoms. The van der Waals surface area contributed by atoms with Crippen LogP contribution in [0, 0.1) is 0 Å². The van der Waals surface area contributed by atoms with Gasteiger partial charge in [-0.2, -0.15) is 23.0 Å². The lowest BCUT2D eigenvalue weighted by Crippen LogP contribution is -2.52. The van der Waals surface area contributed by atoms with E-state index in [-0.39, 0.29) is 42.8 Å². The number of piperazine rings is 1. The van der Waals surface area contributed by atoms with Gasteiger partial charge in [0.2, 0.25) is 11.8 Å². The van der Waals surface area contributed by atoms with Crippen LogP contribution in [0.15, 0.2) is 41.2 Å². The predicted octanol–water partition coefficient (Wildman–Crippen LogP) is 2.56. The van der Waals surface area contributed by atoms with Crippen LogP contribution in [0.25, 0.3) is 16.9 Å². The molecule has 6 rings (SSSR count). The number of ether oxygens (including phenoxy) is 2. The van der Waals surface area contributed by atoms with Crippen LogP contribution in [-0.4, -0.2) is 109 Å². The lowest BCUT2D eigenvalue weighted by molar-refractivity contribution is -0.137. The molecule has 12 nitrogen and oxygen atoms in total. The molecule has 3 aromatic rings. The fourth-order valence-corrected chi connectivity index (χ4v) is 6.61. The van der Waals surface area contributed by atoms with Gasteiger partial charge in [-0.1, -0.05) is 0 Å². The lowest BCUT2D eigenvalue weighted by Gasteiger charge is -2.35. The molecule has 3 aliphatic rings. The Labute approximate surface area is 274 Å². The van der Waals surface area contributed by atoms with E-state index in [0.29, 0.717) is 73.9 Å². The van der Waals surface area contributed by atoms with Gasteiger partial charge in [0.1, 0.15) is 17.2 Å². The number of rotatable bonds is 7. The third-order valence-corrected chi connectivity index (χ3v) is 9.19. The van der Waals surface area contributed by atoms with Crippen molar-refractivity contribution in [1.82, 2.24) is 19.6 Å². The SMILES string of the molecule is COc1cc(OC)cc(-c2nn(-c3cc(N4CC[C@H](O)C4)ccc3C(F)(F)F)c(=O)c3c2CCN3CC(=O)N2CCN(C(C)=O)CC2)c1. The Hall–Kier alpha value is -4.79. The number of alkyl halides is 3.